The number of hydrogen-bond donors (Lipinski definition) is 3. The van der Waals surface area contributed by atoms with Crippen molar-refractivity contribution in [3.63, 3.8) is 0 Å². The number of carbonyl (C=O) groups is 2. The van der Waals surface area contributed by atoms with Crippen LogP contribution in [0.25, 0.3) is 0 Å². The van der Waals surface area contributed by atoms with Crippen LogP contribution in [0.1, 0.15) is 348 Å². The highest BCUT2D eigenvalue weighted by Gasteiger charge is 2.18. The third kappa shape index (κ3) is 55.7. The topological polar surface area (TPSA) is 95.9 Å². The molecule has 0 rings (SSSR count). The average molecular weight is 987 g/mol. The normalized spacial score (nSPS) is 12.7. The van der Waals surface area contributed by atoms with Crippen molar-refractivity contribution >= 4 is 11.9 Å². The van der Waals surface area contributed by atoms with E-state index >= 15 is 0 Å². The third-order valence-electron chi connectivity index (χ3n) is 14.7. The Hall–Kier alpha value is -1.66. The van der Waals surface area contributed by atoms with Crippen molar-refractivity contribution in [1.82, 2.24) is 5.32 Å². The van der Waals surface area contributed by atoms with Crippen molar-refractivity contribution in [3.05, 3.63) is 24.3 Å². The molecule has 6 nitrogen and oxygen atoms in total. The molecular weight excluding hydrogens is 863 g/mol. The van der Waals surface area contributed by atoms with E-state index in [4.69, 9.17) is 4.74 Å². The molecule has 2 unspecified atom stereocenters. The number of amides is 1. The lowest BCUT2D eigenvalue weighted by molar-refractivity contribution is -0.143. The Kier molecular flexibility index (Phi) is 58.5. The van der Waals surface area contributed by atoms with E-state index in [1.807, 2.05) is 6.08 Å². The molecule has 3 N–H and O–H groups in total. The predicted molar refractivity (Wildman–Crippen MR) is 306 cm³/mol. The minimum Gasteiger partial charge on any atom is -0.466 e. The first kappa shape index (κ1) is 68.3. The Balaban J connectivity index is 3.46. The van der Waals surface area contributed by atoms with Gasteiger partial charge in [-0.3, -0.25) is 9.59 Å². The molecule has 0 bridgehead atoms. The van der Waals surface area contributed by atoms with E-state index in [0.717, 1.165) is 57.8 Å². The summed E-state index contributed by atoms with van der Waals surface area (Å²) in [5.74, 6) is -0.0903. The summed E-state index contributed by atoms with van der Waals surface area (Å²) in [7, 11) is 0. The van der Waals surface area contributed by atoms with Crippen LogP contribution in [0.2, 0.25) is 0 Å². The van der Waals surface area contributed by atoms with Crippen molar-refractivity contribution in [2.45, 2.75) is 360 Å². The lowest BCUT2D eigenvalue weighted by Gasteiger charge is -2.20. The fourth-order valence-electron chi connectivity index (χ4n) is 9.87. The van der Waals surface area contributed by atoms with E-state index in [0.29, 0.717) is 19.4 Å². The molecule has 6 heteroatoms. The fraction of sp³-hybridized carbons (Fsp3) is 0.906. The summed E-state index contributed by atoms with van der Waals surface area (Å²) in [6.07, 6.45) is 73.5. The standard InChI is InChI=1S/C64H123NO5/c1-3-5-7-9-11-13-15-17-19-21-23-24-25-27-28-30-32-36-40-44-48-52-56-62(67)61(60-66)65-63(68)57-53-49-45-41-37-34-35-39-43-47-51-55-59-70-64(69)58-54-50-46-42-38-33-31-29-26-22-20-18-16-14-12-10-8-6-4-2/h18,20,52,56,61-62,66-67H,3-17,19,21-51,53-55,57-60H2,1-2H3,(H,65,68)/b20-18-,56-52+. The molecular formula is C64H123NO5. The zero-order valence-corrected chi connectivity index (χ0v) is 47.3. The quantitative estimate of drug-likeness (QED) is 0.0321. The van der Waals surface area contributed by atoms with Crippen molar-refractivity contribution in [2.24, 2.45) is 0 Å². The lowest BCUT2D eigenvalue weighted by atomic mass is 10.0. The molecule has 0 aliphatic rings. The van der Waals surface area contributed by atoms with E-state index in [2.05, 4.69) is 31.3 Å². The number of aliphatic hydroxyl groups is 2. The van der Waals surface area contributed by atoms with Crippen LogP contribution >= 0.6 is 0 Å². The van der Waals surface area contributed by atoms with Gasteiger partial charge < -0.3 is 20.3 Å². The Morgan fingerprint density at radius 1 is 0.386 bits per heavy atom. The number of allylic oxidation sites excluding steroid dienone is 3. The van der Waals surface area contributed by atoms with Gasteiger partial charge in [-0.15, -0.1) is 0 Å². The number of nitrogens with one attached hydrogen (secondary N) is 1. The Labute approximate surface area is 437 Å². The minimum atomic E-state index is -0.856. The summed E-state index contributed by atoms with van der Waals surface area (Å²) in [6, 6.07) is -0.641. The molecule has 414 valence electrons. The predicted octanol–water partition coefficient (Wildman–Crippen LogP) is 19.8. The smallest absolute Gasteiger partial charge is 0.305 e. The van der Waals surface area contributed by atoms with Crippen LogP contribution < -0.4 is 5.32 Å². The van der Waals surface area contributed by atoms with Crippen LogP contribution in [-0.2, 0) is 14.3 Å². The van der Waals surface area contributed by atoms with Gasteiger partial charge in [0.05, 0.1) is 25.4 Å². The summed E-state index contributed by atoms with van der Waals surface area (Å²) >= 11 is 0. The highest BCUT2D eigenvalue weighted by Crippen LogP contribution is 2.18. The summed E-state index contributed by atoms with van der Waals surface area (Å²) in [4.78, 5) is 24.6. The maximum Gasteiger partial charge on any atom is 0.305 e. The first-order valence-corrected chi connectivity index (χ1v) is 31.6. The Morgan fingerprint density at radius 2 is 0.671 bits per heavy atom. The highest BCUT2D eigenvalue weighted by molar-refractivity contribution is 5.76. The van der Waals surface area contributed by atoms with Gasteiger partial charge in [0.1, 0.15) is 0 Å². The average Bonchev–Trinajstić information content (AvgIpc) is 3.36. The SMILES string of the molecule is CCCCCCCC/C=C\CCCCCCCCCCCC(=O)OCCCCCCCCCCCCCCC(=O)NC(CO)C(O)/C=C/CCCCCCCCCCCCCCCCCCCCCC. The minimum absolute atomic E-state index is 0.0103. The number of carbonyl (C=O) groups excluding carboxylic acids is 2. The highest BCUT2D eigenvalue weighted by atomic mass is 16.5. The van der Waals surface area contributed by atoms with Crippen LogP contribution in [0.3, 0.4) is 0 Å². The van der Waals surface area contributed by atoms with Gasteiger partial charge in [0.25, 0.3) is 0 Å². The van der Waals surface area contributed by atoms with Crippen LogP contribution in [0.4, 0.5) is 0 Å². The Bertz CT molecular complexity index is 1090. The fourth-order valence-corrected chi connectivity index (χ4v) is 9.87. The molecule has 0 aromatic rings. The number of esters is 1. The van der Waals surface area contributed by atoms with Crippen LogP contribution in [0.15, 0.2) is 24.3 Å². The third-order valence-corrected chi connectivity index (χ3v) is 14.7. The maximum absolute atomic E-state index is 12.5. The van der Waals surface area contributed by atoms with E-state index in [1.54, 1.807) is 6.08 Å². The molecule has 0 heterocycles. The van der Waals surface area contributed by atoms with E-state index < -0.39 is 12.1 Å². The first-order valence-electron chi connectivity index (χ1n) is 31.6. The maximum atomic E-state index is 12.5. The van der Waals surface area contributed by atoms with Gasteiger partial charge in [0.15, 0.2) is 0 Å². The Morgan fingerprint density at radius 3 is 1.01 bits per heavy atom. The summed E-state index contributed by atoms with van der Waals surface area (Å²) in [6.45, 7) is 4.89. The van der Waals surface area contributed by atoms with Crippen molar-refractivity contribution in [3.8, 4) is 0 Å². The van der Waals surface area contributed by atoms with Crippen molar-refractivity contribution in [1.29, 1.82) is 0 Å². The largest absolute Gasteiger partial charge is 0.466 e. The second kappa shape index (κ2) is 59.9. The van der Waals surface area contributed by atoms with Gasteiger partial charge in [-0.2, -0.15) is 0 Å². The van der Waals surface area contributed by atoms with Gasteiger partial charge in [-0.05, 0) is 57.8 Å². The molecule has 0 aromatic heterocycles. The molecule has 0 radical (unpaired) electrons. The van der Waals surface area contributed by atoms with Gasteiger partial charge in [-0.1, -0.05) is 301 Å². The molecule has 1 amide bonds. The molecule has 0 saturated carbocycles. The van der Waals surface area contributed by atoms with Crippen molar-refractivity contribution < 1.29 is 24.5 Å². The molecule has 0 saturated heterocycles. The van der Waals surface area contributed by atoms with E-state index in [1.165, 1.54) is 263 Å². The molecule has 0 aromatic carbocycles. The number of unbranched alkanes of at least 4 members (excludes halogenated alkanes) is 46. The molecule has 70 heavy (non-hydrogen) atoms. The number of rotatable bonds is 59. The summed E-state index contributed by atoms with van der Waals surface area (Å²) in [5, 5.41) is 23.2. The van der Waals surface area contributed by atoms with Gasteiger partial charge in [0.2, 0.25) is 5.91 Å². The van der Waals surface area contributed by atoms with E-state index in [9.17, 15) is 19.8 Å². The molecule has 0 aliphatic heterocycles. The number of aliphatic hydroxyl groups excluding tert-OH is 2. The number of hydrogen-bond acceptors (Lipinski definition) is 5. The van der Waals surface area contributed by atoms with Gasteiger partial charge >= 0.3 is 5.97 Å². The molecule has 0 aliphatic carbocycles. The summed E-state index contributed by atoms with van der Waals surface area (Å²) in [5.41, 5.74) is 0. The summed E-state index contributed by atoms with van der Waals surface area (Å²) < 4.78 is 5.49. The zero-order valence-electron chi connectivity index (χ0n) is 47.3. The second-order valence-corrected chi connectivity index (χ2v) is 21.7. The van der Waals surface area contributed by atoms with Crippen LogP contribution in [0, 0.1) is 0 Å². The second-order valence-electron chi connectivity index (χ2n) is 21.7. The van der Waals surface area contributed by atoms with Gasteiger partial charge in [-0.25, -0.2) is 0 Å². The monoisotopic (exact) mass is 986 g/mol. The first-order chi connectivity index (χ1) is 34.5. The van der Waals surface area contributed by atoms with E-state index in [-0.39, 0.29) is 18.5 Å². The molecule has 0 fully saturated rings. The van der Waals surface area contributed by atoms with Gasteiger partial charge in [0, 0.05) is 12.8 Å². The lowest BCUT2D eigenvalue weighted by Crippen LogP contribution is -2.45. The zero-order chi connectivity index (χ0) is 50.7. The molecule has 2 atom stereocenters. The van der Waals surface area contributed by atoms with Crippen LogP contribution in [-0.4, -0.2) is 47.4 Å². The van der Waals surface area contributed by atoms with Crippen molar-refractivity contribution in [2.75, 3.05) is 13.2 Å². The number of ether oxygens (including phenoxy) is 1. The van der Waals surface area contributed by atoms with Crippen LogP contribution in [0.5, 0.6) is 0 Å². The molecule has 0 spiro atoms.